The highest BCUT2D eigenvalue weighted by atomic mass is 28.5. The van der Waals surface area contributed by atoms with E-state index in [0.717, 1.165) is 20.8 Å². The van der Waals surface area contributed by atoms with Crippen molar-refractivity contribution in [3.05, 3.63) is 0 Å². The number of hydrogen-bond acceptors (Lipinski definition) is 9. The standard InChI is InChI=1S/C7H24O6Si4.3C2H4O2/c1-14(2,8)11-15(3,4)12-16(5,6)13-17(7,9)10;3*1-2(3)4/h8-10H,1-7H3;3*1H3,(H,3,4). The lowest BCUT2D eigenvalue weighted by atomic mass is 10.9. The van der Waals surface area contributed by atoms with E-state index in [-0.39, 0.29) is 0 Å². The highest BCUT2D eigenvalue weighted by Crippen LogP contribution is 2.21. The molecule has 0 saturated carbocycles. The van der Waals surface area contributed by atoms with E-state index in [9.17, 15) is 14.4 Å². The van der Waals surface area contributed by atoms with Crippen LogP contribution in [0.4, 0.5) is 0 Å². The lowest BCUT2D eigenvalue weighted by Gasteiger charge is -2.37. The van der Waals surface area contributed by atoms with Gasteiger partial charge in [-0.25, -0.2) is 0 Å². The van der Waals surface area contributed by atoms with Crippen molar-refractivity contribution in [3.63, 3.8) is 0 Å². The Hall–Kier alpha value is -0.962. The van der Waals surface area contributed by atoms with Crippen LogP contribution in [0.15, 0.2) is 0 Å². The molecule has 0 aliphatic heterocycles. The minimum atomic E-state index is -3.60. The molecular formula is C13H36O12Si4. The first kappa shape index (κ1) is 35.5. The molecule has 0 rings (SSSR count). The molecule has 0 aromatic carbocycles. The van der Waals surface area contributed by atoms with E-state index in [1.807, 2.05) is 13.1 Å². The van der Waals surface area contributed by atoms with Crippen molar-refractivity contribution in [3.8, 4) is 0 Å². The molecule has 0 aliphatic rings. The van der Waals surface area contributed by atoms with Gasteiger partial charge in [0.15, 0.2) is 0 Å². The molecule has 0 radical (unpaired) electrons. The molecule has 0 bridgehead atoms. The normalized spacial score (nSPS) is 11.5. The van der Waals surface area contributed by atoms with Crippen LogP contribution in [-0.4, -0.2) is 82.1 Å². The van der Waals surface area contributed by atoms with E-state index in [1.165, 1.54) is 6.55 Å². The molecule has 0 fully saturated rings. The molecule has 0 heterocycles. The minimum Gasteiger partial charge on any atom is -0.481 e. The molecule has 0 unspecified atom stereocenters. The smallest absolute Gasteiger partial charge is 0.481 e. The van der Waals surface area contributed by atoms with E-state index >= 15 is 0 Å². The van der Waals surface area contributed by atoms with Crippen molar-refractivity contribution in [1.82, 2.24) is 0 Å². The van der Waals surface area contributed by atoms with Crippen molar-refractivity contribution in [2.24, 2.45) is 0 Å². The first-order chi connectivity index (χ1) is 12.3. The average molecular weight is 497 g/mol. The third kappa shape index (κ3) is 58.4. The monoisotopic (exact) mass is 496 g/mol. The summed E-state index contributed by atoms with van der Waals surface area (Å²) in [6.07, 6.45) is 0. The van der Waals surface area contributed by atoms with E-state index in [4.69, 9.17) is 42.0 Å². The second-order valence-corrected chi connectivity index (χ2v) is 19.9. The molecular weight excluding hydrogens is 460 g/mol. The lowest BCUT2D eigenvalue weighted by molar-refractivity contribution is -0.135. The Balaban J connectivity index is -0.000000212. The summed E-state index contributed by atoms with van der Waals surface area (Å²) < 4.78 is 16.6. The van der Waals surface area contributed by atoms with Gasteiger partial charge in [0.2, 0.25) is 0 Å². The Kier molecular flexibility index (Phi) is 18.3. The lowest BCUT2D eigenvalue weighted by Crippen LogP contribution is -2.57. The Bertz CT molecular complexity index is 430. The first-order valence-electron chi connectivity index (χ1n) is 8.18. The quantitative estimate of drug-likeness (QED) is 0.285. The van der Waals surface area contributed by atoms with Gasteiger partial charge in [-0.05, 0) is 39.3 Å². The van der Waals surface area contributed by atoms with Gasteiger partial charge in [-0.3, -0.25) is 14.4 Å². The van der Waals surface area contributed by atoms with Gasteiger partial charge in [0.1, 0.15) is 0 Å². The number of rotatable bonds is 6. The number of carboxylic acids is 3. The summed E-state index contributed by atoms with van der Waals surface area (Å²) in [5, 5.41) is 22.2. The molecule has 29 heavy (non-hydrogen) atoms. The second-order valence-electron chi connectivity index (χ2n) is 7.04. The van der Waals surface area contributed by atoms with Crippen LogP contribution in [0.5, 0.6) is 0 Å². The van der Waals surface area contributed by atoms with Crippen LogP contribution >= 0.6 is 0 Å². The molecule has 0 atom stereocenters. The zero-order valence-corrected chi connectivity index (χ0v) is 22.6. The average Bonchev–Trinajstić information content (AvgIpc) is 2.14. The predicted octanol–water partition coefficient (Wildman–Crippen LogP) is 0.960. The minimum absolute atomic E-state index is 0.833. The molecule has 6 N–H and O–H groups in total. The van der Waals surface area contributed by atoms with Gasteiger partial charge >= 0.3 is 34.5 Å². The van der Waals surface area contributed by atoms with Crippen LogP contribution < -0.4 is 0 Å². The SMILES string of the molecule is CC(=O)O.CC(=O)O.CC(=O)O.C[Si](C)(O)O[Si](C)(C)O[Si](C)(C)O[Si](C)(O)O. The van der Waals surface area contributed by atoms with E-state index in [1.54, 1.807) is 26.2 Å². The fraction of sp³-hybridized carbons (Fsp3) is 0.769. The van der Waals surface area contributed by atoms with Crippen molar-refractivity contribution in [2.75, 3.05) is 0 Å². The van der Waals surface area contributed by atoms with Crippen LogP contribution in [0, 0.1) is 0 Å². The van der Waals surface area contributed by atoms with Crippen molar-refractivity contribution < 1.29 is 56.4 Å². The van der Waals surface area contributed by atoms with Gasteiger partial charge in [0.25, 0.3) is 17.9 Å². The van der Waals surface area contributed by atoms with Gasteiger partial charge in [-0.2, -0.15) is 0 Å². The van der Waals surface area contributed by atoms with E-state index in [2.05, 4.69) is 0 Å². The van der Waals surface area contributed by atoms with Gasteiger partial charge in [0, 0.05) is 27.3 Å². The Morgan fingerprint density at radius 2 is 0.759 bits per heavy atom. The maximum absolute atomic E-state index is 9.74. The highest BCUT2D eigenvalue weighted by molar-refractivity contribution is 6.86. The maximum atomic E-state index is 9.74. The van der Waals surface area contributed by atoms with Crippen LogP contribution in [0.1, 0.15) is 20.8 Å². The van der Waals surface area contributed by atoms with Crippen LogP contribution in [0.2, 0.25) is 45.8 Å². The topological polar surface area (TPSA) is 200 Å². The summed E-state index contributed by atoms with van der Waals surface area (Å²) >= 11 is 0. The van der Waals surface area contributed by atoms with Crippen LogP contribution in [0.3, 0.4) is 0 Å². The molecule has 12 nitrogen and oxygen atoms in total. The Morgan fingerprint density at radius 3 is 0.931 bits per heavy atom. The van der Waals surface area contributed by atoms with Crippen molar-refractivity contribution in [2.45, 2.75) is 66.6 Å². The summed E-state index contributed by atoms with van der Waals surface area (Å²) in [6, 6.07) is 0. The predicted molar refractivity (Wildman–Crippen MR) is 114 cm³/mol. The molecule has 0 amide bonds. The zero-order valence-electron chi connectivity index (χ0n) is 18.6. The fourth-order valence-electron chi connectivity index (χ4n) is 1.70. The summed E-state index contributed by atoms with van der Waals surface area (Å²) in [5.74, 6) is -2.50. The molecule has 0 aliphatic carbocycles. The molecule has 176 valence electrons. The van der Waals surface area contributed by atoms with Gasteiger partial charge in [-0.15, -0.1) is 0 Å². The highest BCUT2D eigenvalue weighted by Gasteiger charge is 2.44. The van der Waals surface area contributed by atoms with Gasteiger partial charge in [0.05, 0.1) is 0 Å². The molecule has 0 aromatic heterocycles. The Morgan fingerprint density at radius 1 is 0.552 bits per heavy atom. The number of aliphatic carboxylic acids is 3. The summed E-state index contributed by atoms with van der Waals surface area (Å²) in [7, 11) is -11.4. The Labute approximate surface area is 175 Å². The molecule has 0 aromatic rings. The number of carboxylic acid groups (broad SMARTS) is 3. The van der Waals surface area contributed by atoms with Crippen LogP contribution in [-0.2, 0) is 26.7 Å². The van der Waals surface area contributed by atoms with E-state index < -0.39 is 52.4 Å². The van der Waals surface area contributed by atoms with Crippen molar-refractivity contribution >= 4 is 52.4 Å². The van der Waals surface area contributed by atoms with E-state index in [0.29, 0.717) is 0 Å². The molecule has 0 saturated heterocycles. The third-order valence-electron chi connectivity index (χ3n) is 1.43. The van der Waals surface area contributed by atoms with Crippen molar-refractivity contribution in [1.29, 1.82) is 0 Å². The number of hydrogen-bond donors (Lipinski definition) is 6. The fourth-order valence-corrected chi connectivity index (χ4v) is 16.1. The number of carbonyl (C=O) groups is 3. The van der Waals surface area contributed by atoms with Crippen LogP contribution in [0.25, 0.3) is 0 Å². The van der Waals surface area contributed by atoms with Gasteiger partial charge < -0.3 is 42.1 Å². The summed E-state index contributed by atoms with van der Waals surface area (Å²) in [4.78, 5) is 55.4. The second kappa shape index (κ2) is 14.9. The first-order valence-corrected chi connectivity index (χ1v) is 19.0. The largest absolute Gasteiger partial charge is 0.483 e. The molecule has 0 spiro atoms. The maximum Gasteiger partial charge on any atom is 0.483 e. The summed E-state index contributed by atoms with van der Waals surface area (Å²) in [5.41, 5.74) is 0. The summed E-state index contributed by atoms with van der Waals surface area (Å²) in [6.45, 7) is 14.9. The molecule has 16 heteroatoms. The van der Waals surface area contributed by atoms with Gasteiger partial charge in [-0.1, -0.05) is 0 Å². The zero-order chi connectivity index (χ0) is 24.9. The third-order valence-corrected chi connectivity index (χ3v) is 12.8.